The van der Waals surface area contributed by atoms with Crippen LogP contribution in [0.25, 0.3) is 0 Å². The molecule has 0 aliphatic carbocycles. The van der Waals surface area contributed by atoms with E-state index < -0.39 is 6.10 Å². The van der Waals surface area contributed by atoms with Crippen LogP contribution in [-0.4, -0.2) is 53.4 Å². The highest BCUT2D eigenvalue weighted by molar-refractivity contribution is 7.13. The van der Waals surface area contributed by atoms with Gasteiger partial charge in [0, 0.05) is 30.9 Å². The number of nitrogens with two attached hydrogens (primary N) is 1. The number of carbonyl (C=O) groups excluding carboxylic acids is 1. The fraction of sp³-hybridized carbons (Fsp3) is 0.368. The van der Waals surface area contributed by atoms with Crippen molar-refractivity contribution >= 4 is 28.1 Å². The van der Waals surface area contributed by atoms with Crippen LogP contribution in [0.1, 0.15) is 11.3 Å². The number of aliphatic hydroxyl groups is 1. The molecule has 2 aromatic rings. The molecule has 2 heterocycles. The number of benzene rings is 1. The lowest BCUT2D eigenvalue weighted by molar-refractivity contribution is -0.142. The van der Waals surface area contributed by atoms with Crippen molar-refractivity contribution in [3.05, 3.63) is 53.2 Å². The van der Waals surface area contributed by atoms with E-state index in [1.807, 2.05) is 30.3 Å². The Balaban J connectivity index is 1.36. The van der Waals surface area contributed by atoms with Crippen molar-refractivity contribution < 1.29 is 14.7 Å². The summed E-state index contributed by atoms with van der Waals surface area (Å²) in [6.07, 6.45) is 3.76. The number of carbonyl (C=O) groups is 1. The molecule has 1 aromatic heterocycles. The Labute approximate surface area is 168 Å². The van der Waals surface area contributed by atoms with Gasteiger partial charge in [-0.15, -0.1) is 11.3 Å². The Morgan fingerprint density at radius 1 is 1.43 bits per heavy atom. The van der Waals surface area contributed by atoms with Gasteiger partial charge in [-0.3, -0.25) is 14.7 Å². The minimum absolute atomic E-state index is 0.123. The smallest absolute Gasteiger partial charge is 0.230 e. The van der Waals surface area contributed by atoms with Gasteiger partial charge < -0.3 is 21.5 Å². The van der Waals surface area contributed by atoms with E-state index in [4.69, 9.17) is 10.6 Å². The molecule has 3 rings (SSSR count). The predicted octanol–water partition coefficient (Wildman–Crippen LogP) is 1.16. The maximum Gasteiger partial charge on any atom is 0.230 e. The first-order chi connectivity index (χ1) is 13.5. The molecule has 0 saturated heterocycles. The van der Waals surface area contributed by atoms with Crippen LogP contribution < -0.4 is 16.4 Å². The van der Waals surface area contributed by atoms with Gasteiger partial charge in [0.15, 0.2) is 5.13 Å². The molecule has 0 spiro atoms. The van der Waals surface area contributed by atoms with E-state index in [1.54, 1.807) is 23.7 Å². The molecule has 28 heavy (non-hydrogen) atoms. The fourth-order valence-corrected chi connectivity index (χ4v) is 3.36. The number of hydroxylamine groups is 2. The molecular formula is C19H25N5O3S. The minimum atomic E-state index is -0.591. The van der Waals surface area contributed by atoms with Gasteiger partial charge in [-0.2, -0.15) is 0 Å². The van der Waals surface area contributed by atoms with Gasteiger partial charge in [0.1, 0.15) is 6.10 Å². The van der Waals surface area contributed by atoms with Crippen molar-refractivity contribution in [1.29, 1.82) is 0 Å². The van der Waals surface area contributed by atoms with Crippen LogP contribution in [0.4, 0.5) is 10.8 Å². The van der Waals surface area contributed by atoms with E-state index in [0.717, 1.165) is 24.2 Å². The van der Waals surface area contributed by atoms with Crippen LogP contribution in [0.3, 0.4) is 0 Å². The monoisotopic (exact) mass is 403 g/mol. The second-order valence-corrected chi connectivity index (χ2v) is 7.47. The second kappa shape index (κ2) is 9.65. The summed E-state index contributed by atoms with van der Waals surface area (Å²) in [4.78, 5) is 21.5. The highest BCUT2D eigenvalue weighted by atomic mass is 32.1. The van der Waals surface area contributed by atoms with E-state index in [-0.39, 0.29) is 18.4 Å². The van der Waals surface area contributed by atoms with E-state index in [0.29, 0.717) is 17.4 Å². The summed E-state index contributed by atoms with van der Waals surface area (Å²) in [5, 5.41) is 20.0. The molecule has 0 saturated carbocycles. The molecule has 150 valence electrons. The molecule has 1 aliphatic heterocycles. The molecule has 0 fully saturated rings. The number of hydrogen-bond donors (Lipinski definition) is 4. The zero-order valence-electron chi connectivity index (χ0n) is 15.7. The third-order valence-electron chi connectivity index (χ3n) is 4.25. The molecule has 2 atom stereocenters. The molecule has 1 unspecified atom stereocenters. The van der Waals surface area contributed by atoms with Crippen LogP contribution in [-0.2, 0) is 22.5 Å². The van der Waals surface area contributed by atoms with Crippen molar-refractivity contribution in [3.8, 4) is 0 Å². The highest BCUT2D eigenvalue weighted by Crippen LogP contribution is 2.14. The molecular weight excluding hydrogens is 378 g/mol. The van der Waals surface area contributed by atoms with E-state index >= 15 is 0 Å². The number of amides is 1. The number of nitrogens with zero attached hydrogens (tertiary/aromatic N) is 2. The zero-order chi connectivity index (χ0) is 19.9. The molecule has 1 aromatic carbocycles. The van der Waals surface area contributed by atoms with Gasteiger partial charge >= 0.3 is 0 Å². The third kappa shape index (κ3) is 6.03. The Kier molecular flexibility index (Phi) is 6.99. The fourth-order valence-electron chi connectivity index (χ4n) is 2.79. The molecule has 1 amide bonds. The largest absolute Gasteiger partial charge is 0.389 e. The number of rotatable bonds is 9. The first-order valence-electron chi connectivity index (χ1n) is 9.05. The molecule has 0 radical (unpaired) electrons. The first-order valence-corrected chi connectivity index (χ1v) is 9.93. The number of nitrogens with one attached hydrogen (secondary N) is 2. The van der Waals surface area contributed by atoms with Crippen molar-refractivity contribution in [3.63, 3.8) is 0 Å². The molecule has 8 nitrogen and oxygen atoms in total. The first kappa shape index (κ1) is 20.3. The lowest BCUT2D eigenvalue weighted by Gasteiger charge is -2.19. The maximum atomic E-state index is 12.0. The number of anilines is 2. The Morgan fingerprint density at radius 2 is 2.21 bits per heavy atom. The molecule has 0 bridgehead atoms. The summed E-state index contributed by atoms with van der Waals surface area (Å²) >= 11 is 1.33. The van der Waals surface area contributed by atoms with E-state index in [1.165, 1.54) is 11.3 Å². The van der Waals surface area contributed by atoms with Crippen molar-refractivity contribution in [2.75, 3.05) is 31.2 Å². The van der Waals surface area contributed by atoms with Crippen LogP contribution in [0, 0.1) is 0 Å². The van der Waals surface area contributed by atoms with Crippen LogP contribution in [0.5, 0.6) is 0 Å². The number of thiazole rings is 1. The Bertz CT molecular complexity index is 808. The molecule has 9 heteroatoms. The number of aliphatic hydroxyl groups excluding tert-OH is 1. The van der Waals surface area contributed by atoms with Gasteiger partial charge in [-0.05, 0) is 36.7 Å². The lowest BCUT2D eigenvalue weighted by atomic mass is 10.1. The topological polar surface area (TPSA) is 113 Å². The summed E-state index contributed by atoms with van der Waals surface area (Å²) in [5.74, 6) is -0.123. The van der Waals surface area contributed by atoms with Gasteiger partial charge in [-0.1, -0.05) is 12.1 Å². The molecule has 5 N–H and O–H groups in total. The SMILES string of the molecule is CN1C=C[C@H](C(O)CNCCc2ccc(NC(=O)Cc3csc(N)n3)cc2)O1. The quantitative estimate of drug-likeness (QED) is 0.465. The summed E-state index contributed by atoms with van der Waals surface area (Å²) in [6, 6.07) is 7.72. The summed E-state index contributed by atoms with van der Waals surface area (Å²) < 4.78 is 0. The summed E-state index contributed by atoms with van der Waals surface area (Å²) in [7, 11) is 1.79. The number of hydrogen-bond acceptors (Lipinski definition) is 8. The van der Waals surface area contributed by atoms with E-state index in [2.05, 4.69) is 15.6 Å². The third-order valence-corrected chi connectivity index (χ3v) is 4.97. The summed E-state index contributed by atoms with van der Waals surface area (Å²) in [5.41, 5.74) is 8.14. The Morgan fingerprint density at radius 3 is 2.86 bits per heavy atom. The van der Waals surface area contributed by atoms with Gasteiger partial charge in [-0.25, -0.2) is 4.98 Å². The van der Waals surface area contributed by atoms with Crippen LogP contribution in [0.15, 0.2) is 41.9 Å². The lowest BCUT2D eigenvalue weighted by Crippen LogP contribution is -2.37. The van der Waals surface area contributed by atoms with E-state index in [9.17, 15) is 9.90 Å². The highest BCUT2D eigenvalue weighted by Gasteiger charge is 2.22. The second-order valence-electron chi connectivity index (χ2n) is 6.58. The number of aromatic nitrogens is 1. The van der Waals surface area contributed by atoms with Crippen LogP contribution >= 0.6 is 11.3 Å². The van der Waals surface area contributed by atoms with Crippen molar-refractivity contribution in [2.24, 2.45) is 0 Å². The standard InChI is InChI=1S/C19H25N5O3S/c1-24-9-7-17(27-24)16(25)11-21-8-6-13-2-4-14(5-3-13)22-18(26)10-15-12-28-19(20)23-15/h2-5,7,9,12,16-17,21,25H,6,8,10-11H2,1H3,(H2,20,23)(H,22,26)/t16?,17-/m1/s1. The number of nitrogen functional groups attached to an aromatic ring is 1. The average Bonchev–Trinajstić information content (AvgIpc) is 3.28. The Hall–Kier alpha value is -2.46. The minimum Gasteiger partial charge on any atom is -0.389 e. The maximum absolute atomic E-state index is 12.0. The van der Waals surface area contributed by atoms with Crippen molar-refractivity contribution in [1.82, 2.24) is 15.4 Å². The van der Waals surface area contributed by atoms with Crippen molar-refractivity contribution in [2.45, 2.75) is 25.0 Å². The normalized spacial score (nSPS) is 17.1. The van der Waals surface area contributed by atoms with Gasteiger partial charge in [0.25, 0.3) is 0 Å². The molecule has 1 aliphatic rings. The average molecular weight is 404 g/mol. The predicted molar refractivity (Wildman–Crippen MR) is 110 cm³/mol. The van der Waals surface area contributed by atoms with Gasteiger partial charge in [0.2, 0.25) is 5.91 Å². The summed E-state index contributed by atoms with van der Waals surface area (Å²) in [6.45, 7) is 1.19. The van der Waals surface area contributed by atoms with Crippen LogP contribution in [0.2, 0.25) is 0 Å². The zero-order valence-corrected chi connectivity index (χ0v) is 16.5. The van der Waals surface area contributed by atoms with Gasteiger partial charge in [0.05, 0.1) is 18.2 Å².